The summed E-state index contributed by atoms with van der Waals surface area (Å²) < 4.78 is 0. The highest BCUT2D eigenvalue weighted by Crippen LogP contribution is 2.23. The highest BCUT2D eigenvalue weighted by molar-refractivity contribution is 7.10. The van der Waals surface area contributed by atoms with Crippen molar-refractivity contribution in [2.75, 3.05) is 14.1 Å². The molecule has 16 heavy (non-hydrogen) atoms. The molecule has 1 unspecified atom stereocenters. The first-order valence-corrected chi connectivity index (χ1v) is 6.71. The number of ketones is 1. The van der Waals surface area contributed by atoms with Crippen LogP contribution >= 0.6 is 11.3 Å². The second kappa shape index (κ2) is 10.8. The Kier molecular flexibility index (Phi) is 12.0. The molecule has 0 aromatic carbocycles. The van der Waals surface area contributed by atoms with Crippen molar-refractivity contribution in [3.63, 3.8) is 0 Å². The number of nitrogens with zero attached hydrogens (tertiary/aromatic N) is 1. The summed E-state index contributed by atoms with van der Waals surface area (Å²) in [5.41, 5.74) is 0. The van der Waals surface area contributed by atoms with E-state index in [1.807, 2.05) is 64.2 Å². The average molecular weight is 243 g/mol. The van der Waals surface area contributed by atoms with E-state index in [-0.39, 0.29) is 11.8 Å². The Balaban J connectivity index is 0. The lowest BCUT2D eigenvalue weighted by molar-refractivity contribution is -0.121. The van der Waals surface area contributed by atoms with Crippen molar-refractivity contribution in [2.24, 2.45) is 0 Å². The SMILES string of the molecule is CC.CC.CC(=O)C(c1cccs1)N(C)C. The van der Waals surface area contributed by atoms with Crippen LogP contribution in [0.5, 0.6) is 0 Å². The fourth-order valence-electron chi connectivity index (χ4n) is 1.27. The van der Waals surface area contributed by atoms with E-state index in [1.54, 1.807) is 18.3 Å². The van der Waals surface area contributed by atoms with Crippen LogP contribution in [0.3, 0.4) is 0 Å². The lowest BCUT2D eigenvalue weighted by Gasteiger charge is -2.19. The van der Waals surface area contributed by atoms with Crippen molar-refractivity contribution in [2.45, 2.75) is 40.7 Å². The number of hydrogen-bond donors (Lipinski definition) is 0. The molecule has 2 nitrogen and oxygen atoms in total. The number of hydrogen-bond acceptors (Lipinski definition) is 3. The molecule has 0 bridgehead atoms. The van der Waals surface area contributed by atoms with Crippen LogP contribution in [0.1, 0.15) is 45.5 Å². The third kappa shape index (κ3) is 6.03. The van der Waals surface area contributed by atoms with E-state index in [2.05, 4.69) is 0 Å². The van der Waals surface area contributed by atoms with E-state index >= 15 is 0 Å². The molecule has 1 heterocycles. The quantitative estimate of drug-likeness (QED) is 0.800. The van der Waals surface area contributed by atoms with Gasteiger partial charge in [0.15, 0.2) is 5.78 Å². The van der Waals surface area contributed by atoms with Crippen molar-refractivity contribution in [3.8, 4) is 0 Å². The first-order chi connectivity index (χ1) is 7.63. The molecule has 0 saturated heterocycles. The molecule has 1 aromatic rings. The molecule has 1 aromatic heterocycles. The highest BCUT2D eigenvalue weighted by atomic mass is 32.1. The summed E-state index contributed by atoms with van der Waals surface area (Å²) in [6.07, 6.45) is 0. The van der Waals surface area contributed by atoms with Gasteiger partial charge in [-0.25, -0.2) is 0 Å². The molecule has 0 aliphatic heterocycles. The normalized spacial score (nSPS) is 10.8. The van der Waals surface area contributed by atoms with Gasteiger partial charge in [0.1, 0.15) is 6.04 Å². The van der Waals surface area contributed by atoms with Gasteiger partial charge in [0, 0.05) is 4.88 Å². The summed E-state index contributed by atoms with van der Waals surface area (Å²) in [6.45, 7) is 9.63. The third-order valence-electron chi connectivity index (χ3n) is 1.71. The van der Waals surface area contributed by atoms with Crippen molar-refractivity contribution >= 4 is 17.1 Å². The average Bonchev–Trinajstić information content (AvgIpc) is 2.76. The van der Waals surface area contributed by atoms with E-state index < -0.39 is 0 Å². The lowest BCUT2D eigenvalue weighted by atomic mass is 10.1. The topological polar surface area (TPSA) is 20.3 Å². The van der Waals surface area contributed by atoms with Crippen LogP contribution in [0.2, 0.25) is 0 Å². The molecule has 0 radical (unpaired) electrons. The zero-order valence-electron chi connectivity index (χ0n) is 11.6. The first kappa shape index (κ1) is 17.7. The molecule has 1 rings (SSSR count). The molecule has 1 atom stereocenters. The predicted molar refractivity (Wildman–Crippen MR) is 74.1 cm³/mol. The Morgan fingerprint density at radius 3 is 2.00 bits per heavy atom. The van der Waals surface area contributed by atoms with Crippen molar-refractivity contribution in [3.05, 3.63) is 22.4 Å². The Hall–Kier alpha value is -0.670. The van der Waals surface area contributed by atoms with Gasteiger partial charge in [-0.15, -0.1) is 11.3 Å². The fraction of sp³-hybridized carbons (Fsp3) is 0.615. The minimum Gasteiger partial charge on any atom is -0.298 e. The Morgan fingerprint density at radius 1 is 1.25 bits per heavy atom. The molecule has 3 heteroatoms. The number of likely N-dealkylation sites (N-methyl/N-ethyl adjacent to an activating group) is 1. The van der Waals surface area contributed by atoms with E-state index in [0.29, 0.717) is 0 Å². The number of thiophene rings is 1. The predicted octanol–water partition coefficient (Wildman–Crippen LogP) is 3.99. The Bertz CT molecular complexity index is 255. The third-order valence-corrected chi connectivity index (χ3v) is 2.64. The van der Waals surface area contributed by atoms with Gasteiger partial charge in [0.05, 0.1) is 0 Å². The number of carbonyl (C=O) groups is 1. The molecular weight excluding hydrogens is 218 g/mol. The summed E-state index contributed by atoms with van der Waals surface area (Å²) in [6, 6.07) is 3.90. The Labute approximate surface area is 104 Å². The molecular formula is C13H25NOS. The summed E-state index contributed by atoms with van der Waals surface area (Å²) in [5.74, 6) is 0.197. The van der Waals surface area contributed by atoms with Crippen LogP contribution in [0, 0.1) is 0 Å². The largest absolute Gasteiger partial charge is 0.298 e. The number of carbonyl (C=O) groups excluding carboxylic acids is 1. The maximum Gasteiger partial charge on any atom is 0.152 e. The van der Waals surface area contributed by atoms with Crippen LogP contribution in [0.25, 0.3) is 0 Å². The summed E-state index contributed by atoms with van der Waals surface area (Å²) in [7, 11) is 3.84. The molecule has 94 valence electrons. The van der Waals surface area contributed by atoms with Gasteiger partial charge < -0.3 is 0 Å². The van der Waals surface area contributed by atoms with E-state index in [0.717, 1.165) is 4.88 Å². The minimum atomic E-state index is -0.0648. The summed E-state index contributed by atoms with van der Waals surface area (Å²) >= 11 is 1.63. The van der Waals surface area contributed by atoms with Crippen molar-refractivity contribution in [1.82, 2.24) is 4.90 Å². The van der Waals surface area contributed by atoms with Gasteiger partial charge in [-0.1, -0.05) is 33.8 Å². The molecule has 0 aliphatic rings. The second-order valence-electron chi connectivity index (χ2n) is 2.99. The fourth-order valence-corrected chi connectivity index (χ4v) is 2.24. The van der Waals surface area contributed by atoms with Crippen LogP contribution < -0.4 is 0 Å². The first-order valence-electron chi connectivity index (χ1n) is 5.83. The minimum absolute atomic E-state index is 0.0648. The standard InChI is InChI=1S/C9H13NOS.2C2H6/c1-7(11)9(10(2)3)8-5-4-6-12-8;2*1-2/h4-6,9H,1-3H3;2*1-2H3. The Morgan fingerprint density at radius 2 is 1.75 bits per heavy atom. The van der Waals surface area contributed by atoms with Crippen LogP contribution in [-0.2, 0) is 4.79 Å². The lowest BCUT2D eigenvalue weighted by Crippen LogP contribution is -2.24. The van der Waals surface area contributed by atoms with Gasteiger partial charge >= 0.3 is 0 Å². The molecule has 0 amide bonds. The van der Waals surface area contributed by atoms with Crippen LogP contribution in [0.15, 0.2) is 17.5 Å². The van der Waals surface area contributed by atoms with Gasteiger partial charge in [-0.2, -0.15) is 0 Å². The van der Waals surface area contributed by atoms with E-state index in [1.165, 1.54) is 0 Å². The van der Waals surface area contributed by atoms with Gasteiger partial charge in [-0.05, 0) is 32.5 Å². The van der Waals surface area contributed by atoms with Gasteiger partial charge in [0.25, 0.3) is 0 Å². The molecule has 0 spiro atoms. The highest BCUT2D eigenvalue weighted by Gasteiger charge is 2.19. The monoisotopic (exact) mass is 243 g/mol. The molecule has 0 fully saturated rings. The second-order valence-corrected chi connectivity index (χ2v) is 3.97. The maximum atomic E-state index is 11.2. The maximum absolute atomic E-state index is 11.2. The summed E-state index contributed by atoms with van der Waals surface area (Å²) in [5, 5.41) is 1.99. The number of Topliss-reactive ketones (excluding diaryl/α,β-unsaturated/α-hetero) is 1. The van der Waals surface area contributed by atoms with E-state index in [9.17, 15) is 4.79 Å². The smallest absolute Gasteiger partial charge is 0.152 e. The van der Waals surface area contributed by atoms with Gasteiger partial charge in [-0.3, -0.25) is 9.69 Å². The summed E-state index contributed by atoms with van der Waals surface area (Å²) in [4.78, 5) is 14.3. The van der Waals surface area contributed by atoms with Crippen molar-refractivity contribution in [1.29, 1.82) is 0 Å². The van der Waals surface area contributed by atoms with Crippen LogP contribution in [-0.4, -0.2) is 24.8 Å². The zero-order valence-corrected chi connectivity index (χ0v) is 12.4. The van der Waals surface area contributed by atoms with Crippen molar-refractivity contribution < 1.29 is 4.79 Å². The molecule has 0 saturated carbocycles. The molecule has 0 aliphatic carbocycles. The zero-order chi connectivity index (χ0) is 13.1. The number of rotatable bonds is 3. The van der Waals surface area contributed by atoms with Crippen LogP contribution in [0.4, 0.5) is 0 Å². The van der Waals surface area contributed by atoms with Gasteiger partial charge in [0.2, 0.25) is 0 Å². The van der Waals surface area contributed by atoms with E-state index in [4.69, 9.17) is 0 Å². The molecule has 0 N–H and O–H groups in total.